The number of likely N-dealkylation sites (tertiary alicyclic amines) is 1. The SMILES string of the molecule is CCOC(=O)NC1CCCN(C(=O)c2ccc(C#N)cc2)C1. The van der Waals surface area contributed by atoms with E-state index in [1.807, 2.05) is 6.07 Å². The third-order valence-electron chi connectivity index (χ3n) is 3.57. The number of carbonyl (C=O) groups is 2. The Morgan fingerprint density at radius 3 is 2.77 bits per heavy atom. The highest BCUT2D eigenvalue weighted by molar-refractivity contribution is 5.94. The maximum absolute atomic E-state index is 12.5. The minimum Gasteiger partial charge on any atom is -0.450 e. The Hall–Kier alpha value is -2.55. The van der Waals surface area contributed by atoms with Crippen LogP contribution in [0.25, 0.3) is 0 Å². The first-order valence-electron chi connectivity index (χ1n) is 7.36. The number of nitrogens with zero attached hydrogens (tertiary/aromatic N) is 2. The van der Waals surface area contributed by atoms with Crippen LogP contribution in [-0.2, 0) is 4.74 Å². The summed E-state index contributed by atoms with van der Waals surface area (Å²) in [6.07, 6.45) is 1.22. The van der Waals surface area contributed by atoms with Crippen LogP contribution in [0.15, 0.2) is 24.3 Å². The van der Waals surface area contributed by atoms with Gasteiger partial charge in [0.15, 0.2) is 0 Å². The monoisotopic (exact) mass is 301 g/mol. The Kier molecular flexibility index (Phi) is 5.37. The van der Waals surface area contributed by atoms with Crippen molar-refractivity contribution in [3.63, 3.8) is 0 Å². The summed E-state index contributed by atoms with van der Waals surface area (Å²) >= 11 is 0. The second-order valence-electron chi connectivity index (χ2n) is 5.14. The van der Waals surface area contributed by atoms with Gasteiger partial charge in [-0.15, -0.1) is 0 Å². The minimum absolute atomic E-state index is 0.0835. The Labute approximate surface area is 129 Å². The summed E-state index contributed by atoms with van der Waals surface area (Å²) in [5, 5.41) is 11.6. The lowest BCUT2D eigenvalue weighted by molar-refractivity contribution is 0.0686. The van der Waals surface area contributed by atoms with Crippen molar-refractivity contribution in [1.29, 1.82) is 5.26 Å². The molecule has 0 aliphatic carbocycles. The fraction of sp³-hybridized carbons (Fsp3) is 0.438. The Bertz CT molecular complexity index is 577. The normalized spacial score (nSPS) is 17.5. The van der Waals surface area contributed by atoms with Crippen molar-refractivity contribution < 1.29 is 14.3 Å². The van der Waals surface area contributed by atoms with Gasteiger partial charge in [0, 0.05) is 24.7 Å². The lowest BCUT2D eigenvalue weighted by Gasteiger charge is -2.33. The zero-order chi connectivity index (χ0) is 15.9. The molecule has 1 N–H and O–H groups in total. The number of nitrogens with one attached hydrogen (secondary N) is 1. The van der Waals surface area contributed by atoms with Crippen LogP contribution in [0.4, 0.5) is 4.79 Å². The Morgan fingerprint density at radius 1 is 1.41 bits per heavy atom. The van der Waals surface area contributed by atoms with E-state index in [0.717, 1.165) is 12.8 Å². The second kappa shape index (κ2) is 7.46. The number of alkyl carbamates (subject to hydrolysis) is 1. The number of carbonyl (C=O) groups excluding carboxylic acids is 2. The Balaban J connectivity index is 1.97. The summed E-state index contributed by atoms with van der Waals surface area (Å²) < 4.78 is 4.87. The van der Waals surface area contributed by atoms with Crippen molar-refractivity contribution in [2.24, 2.45) is 0 Å². The van der Waals surface area contributed by atoms with E-state index < -0.39 is 6.09 Å². The third kappa shape index (κ3) is 3.98. The number of amides is 2. The summed E-state index contributed by atoms with van der Waals surface area (Å²) in [4.78, 5) is 25.6. The van der Waals surface area contributed by atoms with E-state index in [2.05, 4.69) is 5.32 Å². The van der Waals surface area contributed by atoms with Crippen LogP contribution in [0, 0.1) is 11.3 Å². The number of ether oxygens (including phenoxy) is 1. The van der Waals surface area contributed by atoms with Crippen molar-refractivity contribution in [3.8, 4) is 6.07 Å². The van der Waals surface area contributed by atoms with E-state index in [-0.39, 0.29) is 11.9 Å². The highest BCUT2D eigenvalue weighted by Crippen LogP contribution is 2.14. The number of rotatable bonds is 3. The number of nitriles is 1. The molecule has 0 radical (unpaired) electrons. The predicted octanol–water partition coefficient (Wildman–Crippen LogP) is 1.91. The van der Waals surface area contributed by atoms with Gasteiger partial charge in [0.1, 0.15) is 0 Å². The van der Waals surface area contributed by atoms with Crippen molar-refractivity contribution in [1.82, 2.24) is 10.2 Å². The van der Waals surface area contributed by atoms with Gasteiger partial charge >= 0.3 is 6.09 Å². The van der Waals surface area contributed by atoms with E-state index in [0.29, 0.717) is 30.8 Å². The van der Waals surface area contributed by atoms with Crippen molar-refractivity contribution >= 4 is 12.0 Å². The van der Waals surface area contributed by atoms with Gasteiger partial charge < -0.3 is 15.0 Å². The largest absolute Gasteiger partial charge is 0.450 e. The fourth-order valence-corrected chi connectivity index (χ4v) is 2.49. The van der Waals surface area contributed by atoms with Crippen LogP contribution in [-0.4, -0.2) is 42.6 Å². The third-order valence-corrected chi connectivity index (χ3v) is 3.57. The molecule has 1 aromatic rings. The molecular weight excluding hydrogens is 282 g/mol. The molecule has 0 bridgehead atoms. The standard InChI is InChI=1S/C16H19N3O3/c1-2-22-16(21)18-14-4-3-9-19(11-14)15(20)13-7-5-12(10-17)6-8-13/h5-8,14H,2-4,9,11H2,1H3,(H,18,21). The number of hydrogen-bond donors (Lipinski definition) is 1. The average Bonchev–Trinajstić information content (AvgIpc) is 2.54. The first kappa shape index (κ1) is 15.8. The molecule has 6 heteroatoms. The molecular formula is C16H19N3O3. The van der Waals surface area contributed by atoms with Crippen LogP contribution in [0.5, 0.6) is 0 Å². The molecule has 116 valence electrons. The summed E-state index contributed by atoms with van der Waals surface area (Å²) in [6.45, 7) is 3.21. The van der Waals surface area contributed by atoms with Gasteiger partial charge in [0.2, 0.25) is 0 Å². The molecule has 1 fully saturated rings. The van der Waals surface area contributed by atoms with Crippen molar-refractivity contribution in [2.75, 3.05) is 19.7 Å². The van der Waals surface area contributed by atoms with Crippen LogP contribution < -0.4 is 5.32 Å². The van der Waals surface area contributed by atoms with E-state index in [9.17, 15) is 9.59 Å². The first-order valence-corrected chi connectivity index (χ1v) is 7.36. The molecule has 22 heavy (non-hydrogen) atoms. The van der Waals surface area contributed by atoms with Crippen molar-refractivity contribution in [3.05, 3.63) is 35.4 Å². The smallest absolute Gasteiger partial charge is 0.407 e. The lowest BCUT2D eigenvalue weighted by Crippen LogP contribution is -2.49. The average molecular weight is 301 g/mol. The first-order chi connectivity index (χ1) is 10.6. The molecule has 2 amide bonds. The molecule has 1 aliphatic heterocycles. The maximum Gasteiger partial charge on any atom is 0.407 e. The quantitative estimate of drug-likeness (QED) is 0.924. The van der Waals surface area contributed by atoms with Crippen LogP contribution in [0.3, 0.4) is 0 Å². The van der Waals surface area contributed by atoms with Gasteiger partial charge in [-0.05, 0) is 44.0 Å². The zero-order valence-electron chi connectivity index (χ0n) is 12.5. The molecule has 1 aromatic carbocycles. The molecule has 0 aromatic heterocycles. The van der Waals surface area contributed by atoms with Crippen molar-refractivity contribution in [2.45, 2.75) is 25.8 Å². The summed E-state index contributed by atoms with van der Waals surface area (Å²) in [5.41, 5.74) is 1.08. The molecule has 1 aliphatic rings. The molecule has 1 atom stereocenters. The molecule has 0 spiro atoms. The number of piperidine rings is 1. The Morgan fingerprint density at radius 2 is 2.14 bits per heavy atom. The number of hydrogen-bond acceptors (Lipinski definition) is 4. The second-order valence-corrected chi connectivity index (χ2v) is 5.14. The molecule has 1 heterocycles. The topological polar surface area (TPSA) is 82.4 Å². The van der Waals surface area contributed by atoms with E-state index in [4.69, 9.17) is 10.00 Å². The van der Waals surface area contributed by atoms with Gasteiger partial charge in [-0.2, -0.15) is 5.26 Å². The lowest BCUT2D eigenvalue weighted by atomic mass is 10.0. The van der Waals surface area contributed by atoms with Gasteiger partial charge in [-0.1, -0.05) is 0 Å². The van der Waals surface area contributed by atoms with Gasteiger partial charge in [0.05, 0.1) is 18.2 Å². The van der Waals surface area contributed by atoms with Crippen LogP contribution in [0.2, 0.25) is 0 Å². The van der Waals surface area contributed by atoms with E-state index >= 15 is 0 Å². The molecule has 0 saturated carbocycles. The highest BCUT2D eigenvalue weighted by atomic mass is 16.5. The molecule has 6 nitrogen and oxygen atoms in total. The van der Waals surface area contributed by atoms with Gasteiger partial charge in [-0.3, -0.25) is 4.79 Å². The van der Waals surface area contributed by atoms with Gasteiger partial charge in [-0.25, -0.2) is 4.79 Å². The summed E-state index contributed by atoms with van der Waals surface area (Å²) in [5.74, 6) is -0.0835. The molecule has 2 rings (SSSR count). The molecule has 1 unspecified atom stereocenters. The number of benzene rings is 1. The molecule has 1 saturated heterocycles. The zero-order valence-corrected chi connectivity index (χ0v) is 12.5. The predicted molar refractivity (Wildman–Crippen MR) is 80.2 cm³/mol. The van der Waals surface area contributed by atoms with E-state index in [1.165, 1.54) is 0 Å². The van der Waals surface area contributed by atoms with Gasteiger partial charge in [0.25, 0.3) is 5.91 Å². The highest BCUT2D eigenvalue weighted by Gasteiger charge is 2.25. The van der Waals surface area contributed by atoms with Crippen LogP contribution in [0.1, 0.15) is 35.7 Å². The van der Waals surface area contributed by atoms with E-state index in [1.54, 1.807) is 36.1 Å². The maximum atomic E-state index is 12.5. The fourth-order valence-electron chi connectivity index (χ4n) is 2.49. The summed E-state index contributed by atoms with van der Waals surface area (Å²) in [6, 6.07) is 8.51. The minimum atomic E-state index is -0.444. The van der Waals surface area contributed by atoms with Crippen LogP contribution >= 0.6 is 0 Å². The summed E-state index contributed by atoms with van der Waals surface area (Å²) in [7, 11) is 0.